The first-order valence-corrected chi connectivity index (χ1v) is 13.0. The van der Waals surface area contributed by atoms with Crippen molar-refractivity contribution < 1.29 is 26.8 Å². The number of benzene rings is 2. The quantitative estimate of drug-likeness (QED) is 0.581. The first-order chi connectivity index (χ1) is 16.1. The highest BCUT2D eigenvalue weighted by Gasteiger charge is 2.31. The van der Waals surface area contributed by atoms with Gasteiger partial charge in [-0.15, -0.1) is 0 Å². The van der Waals surface area contributed by atoms with Gasteiger partial charge in [-0.05, 0) is 44.0 Å². The van der Waals surface area contributed by atoms with E-state index in [1.54, 1.807) is 6.07 Å². The summed E-state index contributed by atoms with van der Waals surface area (Å²) in [7, 11) is -3.96. The zero-order chi connectivity index (χ0) is 24.9. The molecule has 2 amide bonds. The van der Waals surface area contributed by atoms with Crippen LogP contribution in [0.5, 0.6) is 0 Å². The Morgan fingerprint density at radius 1 is 1.09 bits per heavy atom. The van der Waals surface area contributed by atoms with Gasteiger partial charge in [0.2, 0.25) is 21.8 Å². The monoisotopic (exact) mass is 493 g/mol. The Morgan fingerprint density at radius 3 is 2.38 bits per heavy atom. The van der Waals surface area contributed by atoms with Crippen molar-refractivity contribution in [1.29, 1.82) is 0 Å². The lowest BCUT2D eigenvalue weighted by molar-refractivity contribution is -0.139. The fourth-order valence-corrected chi connectivity index (χ4v) is 4.87. The van der Waals surface area contributed by atoms with Crippen molar-refractivity contribution in [2.75, 3.05) is 17.1 Å². The number of halogens is 2. The molecular weight excluding hydrogens is 464 g/mol. The van der Waals surface area contributed by atoms with E-state index in [4.69, 9.17) is 0 Å². The number of anilines is 1. The Morgan fingerprint density at radius 2 is 1.76 bits per heavy atom. The van der Waals surface area contributed by atoms with Gasteiger partial charge in [0.1, 0.15) is 24.2 Å². The molecule has 0 heterocycles. The maximum absolute atomic E-state index is 14.4. The molecule has 1 N–H and O–H groups in total. The maximum Gasteiger partial charge on any atom is 0.244 e. The molecule has 2 aromatic carbocycles. The van der Waals surface area contributed by atoms with Gasteiger partial charge in [0.05, 0.1) is 11.9 Å². The fourth-order valence-electron chi connectivity index (χ4n) is 4.03. The number of carbonyl (C=O) groups is 2. The van der Waals surface area contributed by atoms with Crippen LogP contribution >= 0.6 is 0 Å². The second-order valence-corrected chi connectivity index (χ2v) is 10.4. The Bertz CT molecular complexity index is 1140. The molecule has 1 aliphatic carbocycles. The first-order valence-electron chi connectivity index (χ1n) is 11.1. The molecule has 0 unspecified atom stereocenters. The van der Waals surface area contributed by atoms with E-state index < -0.39 is 46.1 Å². The summed E-state index contributed by atoms with van der Waals surface area (Å²) in [6.45, 7) is 0.624. The Labute approximate surface area is 198 Å². The predicted octanol–water partition coefficient (Wildman–Crippen LogP) is 3.21. The smallest absolute Gasteiger partial charge is 0.244 e. The lowest BCUT2D eigenvalue weighted by Gasteiger charge is -2.32. The zero-order valence-corrected chi connectivity index (χ0v) is 20.0. The van der Waals surface area contributed by atoms with E-state index in [0.717, 1.165) is 53.3 Å². The number of nitrogens with zero attached hydrogens (tertiary/aromatic N) is 2. The molecule has 2 aromatic rings. The molecule has 0 bridgehead atoms. The van der Waals surface area contributed by atoms with Gasteiger partial charge in [0.25, 0.3) is 0 Å². The van der Waals surface area contributed by atoms with Crippen molar-refractivity contribution >= 4 is 27.5 Å². The molecule has 184 valence electrons. The van der Waals surface area contributed by atoms with Crippen molar-refractivity contribution in [2.24, 2.45) is 0 Å². The van der Waals surface area contributed by atoms with E-state index in [1.807, 2.05) is 0 Å². The molecule has 1 saturated carbocycles. The summed E-state index contributed by atoms with van der Waals surface area (Å²) in [5.74, 6) is -2.32. The van der Waals surface area contributed by atoms with Gasteiger partial charge in [-0.3, -0.25) is 13.9 Å². The van der Waals surface area contributed by atoms with Crippen LogP contribution in [0.1, 0.15) is 38.2 Å². The minimum atomic E-state index is -3.96. The number of carbonyl (C=O) groups excluding carboxylic acids is 2. The van der Waals surface area contributed by atoms with Gasteiger partial charge < -0.3 is 10.2 Å². The molecule has 7 nitrogen and oxygen atoms in total. The van der Waals surface area contributed by atoms with Gasteiger partial charge in [0, 0.05) is 18.2 Å². The normalized spacial score (nSPS) is 15.1. The van der Waals surface area contributed by atoms with E-state index in [9.17, 15) is 26.8 Å². The van der Waals surface area contributed by atoms with Crippen molar-refractivity contribution in [3.8, 4) is 0 Å². The van der Waals surface area contributed by atoms with E-state index in [-0.39, 0.29) is 23.8 Å². The highest BCUT2D eigenvalue weighted by atomic mass is 32.2. The van der Waals surface area contributed by atoms with Crippen LogP contribution in [0, 0.1) is 11.6 Å². The standard InChI is InChI=1S/C24H29F2N3O4S/c1-17(24(31)27-20-10-4-5-11-20)28(15-18-8-3-6-13-22(18)26)23(30)16-29(34(2,32)33)21-12-7-9-19(25)14-21/h3,6-9,12-14,17,20H,4-5,10-11,15-16H2,1-2H3,(H,27,31)/t17-/m0/s1. The number of nitrogens with one attached hydrogen (secondary N) is 1. The van der Waals surface area contributed by atoms with Crippen LogP contribution in [0.4, 0.5) is 14.5 Å². The second kappa shape index (κ2) is 10.9. The van der Waals surface area contributed by atoms with Crippen LogP contribution in [0.2, 0.25) is 0 Å². The lowest BCUT2D eigenvalue weighted by atomic mass is 10.1. The summed E-state index contributed by atoms with van der Waals surface area (Å²) < 4.78 is 53.8. The number of amides is 2. The van der Waals surface area contributed by atoms with Gasteiger partial charge in [0.15, 0.2) is 0 Å². The van der Waals surface area contributed by atoms with Gasteiger partial charge in [-0.2, -0.15) is 0 Å². The molecule has 1 aliphatic rings. The van der Waals surface area contributed by atoms with Crippen molar-refractivity contribution in [2.45, 2.75) is 51.2 Å². The van der Waals surface area contributed by atoms with Crippen LogP contribution in [0.15, 0.2) is 48.5 Å². The summed E-state index contributed by atoms with van der Waals surface area (Å²) in [6, 6.07) is 9.77. The van der Waals surface area contributed by atoms with E-state index in [2.05, 4.69) is 5.32 Å². The highest BCUT2D eigenvalue weighted by molar-refractivity contribution is 7.92. The molecule has 0 aliphatic heterocycles. The molecule has 34 heavy (non-hydrogen) atoms. The third-order valence-electron chi connectivity index (χ3n) is 5.94. The molecule has 1 atom stereocenters. The summed E-state index contributed by atoms with van der Waals surface area (Å²) in [5.41, 5.74) is 0.165. The van der Waals surface area contributed by atoms with E-state index in [0.29, 0.717) is 0 Å². The Kier molecular flexibility index (Phi) is 8.24. The molecule has 1 fully saturated rings. The zero-order valence-electron chi connectivity index (χ0n) is 19.2. The summed E-state index contributed by atoms with van der Waals surface area (Å²) in [6.07, 6.45) is 4.62. The average molecular weight is 494 g/mol. The first kappa shape index (κ1) is 25.6. The lowest BCUT2D eigenvalue weighted by Crippen LogP contribution is -2.52. The Balaban J connectivity index is 1.89. The number of sulfonamides is 1. The summed E-state index contributed by atoms with van der Waals surface area (Å²) in [5, 5.41) is 2.93. The third kappa shape index (κ3) is 6.53. The van der Waals surface area contributed by atoms with Gasteiger partial charge in [-0.1, -0.05) is 37.1 Å². The van der Waals surface area contributed by atoms with Crippen LogP contribution < -0.4 is 9.62 Å². The number of hydrogen-bond donors (Lipinski definition) is 1. The van der Waals surface area contributed by atoms with Crippen LogP contribution in [0.3, 0.4) is 0 Å². The fraction of sp³-hybridized carbons (Fsp3) is 0.417. The SMILES string of the molecule is C[C@@H](C(=O)NC1CCCC1)N(Cc1ccccc1F)C(=O)CN(c1cccc(F)c1)S(C)(=O)=O. The summed E-state index contributed by atoms with van der Waals surface area (Å²) in [4.78, 5) is 27.5. The third-order valence-corrected chi connectivity index (χ3v) is 7.08. The van der Waals surface area contributed by atoms with Crippen LogP contribution in [-0.4, -0.2) is 50.0 Å². The predicted molar refractivity (Wildman–Crippen MR) is 125 cm³/mol. The molecule has 0 aromatic heterocycles. The average Bonchev–Trinajstić information content (AvgIpc) is 3.28. The Hall–Kier alpha value is -3.01. The highest BCUT2D eigenvalue weighted by Crippen LogP contribution is 2.21. The van der Waals surface area contributed by atoms with Crippen LogP contribution in [0.25, 0.3) is 0 Å². The minimum Gasteiger partial charge on any atom is -0.352 e. The molecule has 0 saturated heterocycles. The number of rotatable bonds is 9. The minimum absolute atomic E-state index is 0.0141. The molecule has 0 radical (unpaired) electrons. The summed E-state index contributed by atoms with van der Waals surface area (Å²) >= 11 is 0. The molecular formula is C24H29F2N3O4S. The van der Waals surface area contributed by atoms with Gasteiger partial charge >= 0.3 is 0 Å². The molecule has 3 rings (SSSR count). The van der Waals surface area contributed by atoms with Crippen molar-refractivity contribution in [3.63, 3.8) is 0 Å². The largest absolute Gasteiger partial charge is 0.352 e. The maximum atomic E-state index is 14.4. The van der Waals surface area contributed by atoms with E-state index in [1.165, 1.54) is 37.3 Å². The van der Waals surface area contributed by atoms with Crippen LogP contribution in [-0.2, 0) is 26.2 Å². The molecule has 0 spiro atoms. The van der Waals surface area contributed by atoms with Gasteiger partial charge in [-0.25, -0.2) is 17.2 Å². The number of hydrogen-bond acceptors (Lipinski definition) is 4. The van der Waals surface area contributed by atoms with E-state index >= 15 is 0 Å². The molecule has 10 heteroatoms. The van der Waals surface area contributed by atoms with Crippen molar-refractivity contribution in [1.82, 2.24) is 10.2 Å². The topological polar surface area (TPSA) is 86.8 Å². The van der Waals surface area contributed by atoms with Crippen molar-refractivity contribution in [3.05, 3.63) is 65.7 Å². The second-order valence-electron chi connectivity index (χ2n) is 8.53.